The van der Waals surface area contributed by atoms with E-state index in [2.05, 4.69) is 5.32 Å². The lowest BCUT2D eigenvalue weighted by atomic mass is 9.95. The molecule has 1 heterocycles. The first-order valence-electron chi connectivity index (χ1n) is 6.12. The van der Waals surface area contributed by atoms with Gasteiger partial charge in [-0.2, -0.15) is 13.2 Å². The monoisotopic (exact) mass is 267 g/mol. The zero-order valence-electron chi connectivity index (χ0n) is 10.5. The predicted octanol–water partition coefficient (Wildman–Crippen LogP) is 0.724. The number of carbonyl (C=O) groups is 1. The largest absolute Gasteiger partial charge is 0.404 e. The summed E-state index contributed by atoms with van der Waals surface area (Å²) >= 11 is 0. The number of hydrogen-bond donors (Lipinski definition) is 2. The number of nitrogens with zero attached hydrogens (tertiary/aromatic N) is 1. The fraction of sp³-hybridized carbons (Fsp3) is 0.909. The zero-order chi connectivity index (χ0) is 13.8. The van der Waals surface area contributed by atoms with Crippen molar-refractivity contribution in [3.8, 4) is 0 Å². The van der Waals surface area contributed by atoms with Crippen LogP contribution in [0.4, 0.5) is 13.2 Å². The summed E-state index contributed by atoms with van der Waals surface area (Å²) in [5.74, 6) is -0.542. The highest BCUT2D eigenvalue weighted by molar-refractivity contribution is 5.78. The highest BCUT2D eigenvalue weighted by atomic mass is 19.4. The van der Waals surface area contributed by atoms with Crippen LogP contribution in [0.15, 0.2) is 0 Å². The molecule has 0 spiro atoms. The van der Waals surface area contributed by atoms with Crippen molar-refractivity contribution in [2.45, 2.75) is 31.5 Å². The maximum Gasteiger partial charge on any atom is 0.404 e. The van der Waals surface area contributed by atoms with E-state index in [0.29, 0.717) is 19.4 Å². The molecule has 18 heavy (non-hydrogen) atoms. The van der Waals surface area contributed by atoms with E-state index >= 15 is 0 Å². The van der Waals surface area contributed by atoms with Crippen LogP contribution in [0.1, 0.15) is 19.3 Å². The average Bonchev–Trinajstić information content (AvgIpc) is 2.33. The minimum Gasteiger partial charge on any atom is -0.359 e. The first-order valence-corrected chi connectivity index (χ1v) is 6.12. The maximum atomic E-state index is 12.9. The second-order valence-corrected chi connectivity index (χ2v) is 4.58. The molecule has 1 saturated heterocycles. The lowest BCUT2D eigenvalue weighted by molar-refractivity contribution is -0.189. The van der Waals surface area contributed by atoms with E-state index in [1.807, 2.05) is 0 Å². The number of likely N-dealkylation sites (tertiary alicyclic amines) is 1. The molecule has 0 radical (unpaired) electrons. The molecule has 1 aliphatic rings. The van der Waals surface area contributed by atoms with Crippen LogP contribution >= 0.6 is 0 Å². The summed E-state index contributed by atoms with van der Waals surface area (Å²) < 4.78 is 38.7. The molecule has 4 nitrogen and oxygen atoms in total. The number of nitrogens with one attached hydrogen (secondary N) is 1. The smallest absolute Gasteiger partial charge is 0.359 e. The van der Waals surface area contributed by atoms with Crippen LogP contribution in [0.5, 0.6) is 0 Å². The van der Waals surface area contributed by atoms with Gasteiger partial charge in [0.2, 0.25) is 5.91 Å². The highest BCUT2D eigenvalue weighted by Gasteiger charge is 2.44. The van der Waals surface area contributed by atoms with Crippen LogP contribution in [0, 0.1) is 5.92 Å². The van der Waals surface area contributed by atoms with Crippen molar-refractivity contribution >= 4 is 5.91 Å². The SMILES string of the molecule is CNC(=O)C1CCCN(C(CCN)C(F)(F)F)C1. The van der Waals surface area contributed by atoms with E-state index in [-0.39, 0.29) is 31.3 Å². The molecule has 0 saturated carbocycles. The van der Waals surface area contributed by atoms with E-state index in [1.54, 1.807) is 0 Å². The lowest BCUT2D eigenvalue weighted by Gasteiger charge is -2.38. The zero-order valence-corrected chi connectivity index (χ0v) is 10.5. The summed E-state index contributed by atoms with van der Waals surface area (Å²) in [6.07, 6.45) is -3.16. The molecule has 3 N–H and O–H groups in total. The van der Waals surface area contributed by atoms with E-state index < -0.39 is 12.2 Å². The van der Waals surface area contributed by atoms with Crippen LogP contribution in [0.3, 0.4) is 0 Å². The van der Waals surface area contributed by atoms with Gasteiger partial charge in [0.15, 0.2) is 0 Å². The van der Waals surface area contributed by atoms with Crippen molar-refractivity contribution in [1.29, 1.82) is 0 Å². The fourth-order valence-electron chi connectivity index (χ4n) is 2.42. The summed E-state index contributed by atoms with van der Waals surface area (Å²) in [5.41, 5.74) is 5.25. The molecule has 2 atom stereocenters. The third-order valence-electron chi connectivity index (χ3n) is 3.33. The Balaban J connectivity index is 2.71. The normalized spacial score (nSPS) is 23.7. The van der Waals surface area contributed by atoms with E-state index in [9.17, 15) is 18.0 Å². The minimum atomic E-state index is -4.29. The van der Waals surface area contributed by atoms with Crippen molar-refractivity contribution in [3.05, 3.63) is 0 Å². The van der Waals surface area contributed by atoms with Gasteiger partial charge in [0.1, 0.15) is 6.04 Å². The fourth-order valence-corrected chi connectivity index (χ4v) is 2.42. The van der Waals surface area contributed by atoms with Gasteiger partial charge < -0.3 is 11.1 Å². The molecule has 106 valence electrons. The Morgan fingerprint density at radius 1 is 1.56 bits per heavy atom. The quantitative estimate of drug-likeness (QED) is 0.789. The van der Waals surface area contributed by atoms with Gasteiger partial charge in [0.25, 0.3) is 0 Å². The molecule has 2 unspecified atom stereocenters. The molecule has 1 fully saturated rings. The van der Waals surface area contributed by atoms with Crippen LogP contribution in [-0.4, -0.2) is 49.7 Å². The van der Waals surface area contributed by atoms with Crippen molar-refractivity contribution in [3.63, 3.8) is 0 Å². The van der Waals surface area contributed by atoms with Crippen LogP contribution in [0.2, 0.25) is 0 Å². The highest BCUT2D eigenvalue weighted by Crippen LogP contribution is 2.30. The Morgan fingerprint density at radius 2 is 2.22 bits per heavy atom. The second-order valence-electron chi connectivity index (χ2n) is 4.58. The molecule has 0 aromatic rings. The van der Waals surface area contributed by atoms with E-state index in [0.717, 1.165) is 0 Å². The molecular formula is C11H20F3N3O. The number of rotatable bonds is 4. The van der Waals surface area contributed by atoms with Gasteiger partial charge in [-0.05, 0) is 32.4 Å². The Hall–Kier alpha value is -0.820. The minimum absolute atomic E-state index is 0.00861. The van der Waals surface area contributed by atoms with Gasteiger partial charge in [-0.25, -0.2) is 0 Å². The second kappa shape index (κ2) is 6.38. The lowest BCUT2D eigenvalue weighted by Crippen LogP contribution is -2.52. The van der Waals surface area contributed by atoms with Crippen LogP contribution in [-0.2, 0) is 4.79 Å². The van der Waals surface area contributed by atoms with Gasteiger partial charge in [-0.15, -0.1) is 0 Å². The summed E-state index contributed by atoms with van der Waals surface area (Å²) in [7, 11) is 1.50. The third kappa shape index (κ3) is 3.84. The molecule has 0 aromatic carbocycles. The number of alkyl halides is 3. The molecule has 0 bridgehead atoms. The molecule has 0 aliphatic carbocycles. The van der Waals surface area contributed by atoms with Gasteiger partial charge in [0, 0.05) is 13.6 Å². The summed E-state index contributed by atoms with van der Waals surface area (Å²) in [4.78, 5) is 12.8. The van der Waals surface area contributed by atoms with E-state index in [1.165, 1.54) is 11.9 Å². The van der Waals surface area contributed by atoms with Crippen molar-refractivity contribution < 1.29 is 18.0 Å². The number of hydrogen-bond acceptors (Lipinski definition) is 3. The average molecular weight is 267 g/mol. The van der Waals surface area contributed by atoms with Crippen LogP contribution in [0.25, 0.3) is 0 Å². The predicted molar refractivity (Wildman–Crippen MR) is 61.9 cm³/mol. The van der Waals surface area contributed by atoms with Crippen molar-refractivity contribution in [2.24, 2.45) is 11.7 Å². The van der Waals surface area contributed by atoms with Gasteiger partial charge in [0.05, 0.1) is 5.92 Å². The van der Waals surface area contributed by atoms with Crippen molar-refractivity contribution in [1.82, 2.24) is 10.2 Å². The van der Waals surface area contributed by atoms with Gasteiger partial charge in [-0.1, -0.05) is 0 Å². The maximum absolute atomic E-state index is 12.9. The van der Waals surface area contributed by atoms with E-state index in [4.69, 9.17) is 5.73 Å². The number of halogens is 3. The molecule has 7 heteroatoms. The third-order valence-corrected chi connectivity index (χ3v) is 3.33. The topological polar surface area (TPSA) is 58.4 Å². The first kappa shape index (κ1) is 15.2. The summed E-state index contributed by atoms with van der Waals surface area (Å²) in [6.45, 7) is 0.521. The number of piperidine rings is 1. The number of carbonyl (C=O) groups excluding carboxylic acids is 1. The molecule has 0 aromatic heterocycles. The number of amides is 1. The molecular weight excluding hydrogens is 247 g/mol. The summed E-state index contributed by atoms with van der Waals surface area (Å²) in [5, 5.41) is 2.49. The number of nitrogens with two attached hydrogens (primary N) is 1. The molecule has 1 aliphatic heterocycles. The Bertz CT molecular complexity index is 283. The molecule has 1 rings (SSSR count). The van der Waals surface area contributed by atoms with Gasteiger partial charge >= 0.3 is 6.18 Å². The molecule has 1 amide bonds. The van der Waals surface area contributed by atoms with Crippen LogP contribution < -0.4 is 11.1 Å². The summed E-state index contributed by atoms with van der Waals surface area (Å²) in [6, 6.07) is -1.53. The van der Waals surface area contributed by atoms with Gasteiger partial charge in [-0.3, -0.25) is 9.69 Å². The first-order chi connectivity index (χ1) is 8.40. The Morgan fingerprint density at radius 3 is 2.72 bits per heavy atom. The van der Waals surface area contributed by atoms with Crippen molar-refractivity contribution in [2.75, 3.05) is 26.7 Å². The Labute approximate surface area is 105 Å². The Kier molecular flexibility index (Phi) is 5.40. The standard InChI is InChI=1S/C11H20F3N3O/c1-16-10(18)8-3-2-6-17(7-8)9(4-5-15)11(12,13)14/h8-9H,2-7,15H2,1H3,(H,16,18).